The van der Waals surface area contributed by atoms with E-state index in [-0.39, 0.29) is 0 Å². The van der Waals surface area contributed by atoms with Crippen LogP contribution in [-0.2, 0) is 0 Å². The highest BCUT2D eigenvalue weighted by molar-refractivity contribution is 6.50. The standard InChI is InChI=1S/C13H21BN/c1-4-10-15(11-5-2)14-13-8-6-12(3)7-9-13/h6-9H,4-5,10-11H2,1-3H3. The summed E-state index contributed by atoms with van der Waals surface area (Å²) >= 11 is 0. The average Bonchev–Trinajstić information content (AvgIpc) is 2.22. The minimum absolute atomic E-state index is 1.15. The predicted octanol–water partition coefficient (Wildman–Crippen LogP) is 2.36. The number of benzene rings is 1. The van der Waals surface area contributed by atoms with Crippen molar-refractivity contribution in [2.45, 2.75) is 33.6 Å². The highest BCUT2D eigenvalue weighted by Gasteiger charge is 2.05. The molecule has 0 saturated heterocycles. The van der Waals surface area contributed by atoms with Crippen molar-refractivity contribution in [3.05, 3.63) is 29.8 Å². The molecule has 0 aliphatic heterocycles. The highest BCUT2D eigenvalue weighted by atomic mass is 15.0. The first-order chi connectivity index (χ1) is 7.26. The zero-order valence-electron chi connectivity index (χ0n) is 10.2. The fraction of sp³-hybridized carbons (Fsp3) is 0.538. The summed E-state index contributed by atoms with van der Waals surface area (Å²) in [7, 11) is 2.27. The molecule has 1 radical (unpaired) electrons. The SMILES string of the molecule is CCCN([B]c1ccc(C)cc1)CCC. The lowest BCUT2D eigenvalue weighted by atomic mass is 9.79. The van der Waals surface area contributed by atoms with E-state index in [1.54, 1.807) is 0 Å². The third-order valence-electron chi connectivity index (χ3n) is 2.43. The molecule has 1 aromatic carbocycles. The van der Waals surface area contributed by atoms with E-state index in [2.05, 4.69) is 57.3 Å². The third kappa shape index (κ3) is 4.52. The van der Waals surface area contributed by atoms with Crippen LogP contribution in [0, 0.1) is 6.92 Å². The van der Waals surface area contributed by atoms with Gasteiger partial charge in [0.1, 0.15) is 0 Å². The molecule has 15 heavy (non-hydrogen) atoms. The molecule has 0 bridgehead atoms. The first kappa shape index (κ1) is 12.3. The molecular weight excluding hydrogens is 181 g/mol. The van der Waals surface area contributed by atoms with Gasteiger partial charge in [-0.3, -0.25) is 0 Å². The van der Waals surface area contributed by atoms with E-state index in [4.69, 9.17) is 0 Å². The van der Waals surface area contributed by atoms with Crippen molar-refractivity contribution < 1.29 is 0 Å². The summed E-state index contributed by atoms with van der Waals surface area (Å²) in [6, 6.07) is 8.71. The van der Waals surface area contributed by atoms with E-state index >= 15 is 0 Å². The molecule has 0 fully saturated rings. The van der Waals surface area contributed by atoms with Crippen LogP contribution in [0.1, 0.15) is 32.3 Å². The van der Waals surface area contributed by atoms with Crippen LogP contribution in [0.15, 0.2) is 24.3 Å². The molecule has 0 saturated carbocycles. The third-order valence-corrected chi connectivity index (χ3v) is 2.43. The molecule has 0 spiro atoms. The summed E-state index contributed by atoms with van der Waals surface area (Å²) in [5.41, 5.74) is 2.63. The Morgan fingerprint density at radius 1 is 1.00 bits per heavy atom. The summed E-state index contributed by atoms with van der Waals surface area (Å²) in [6.07, 6.45) is 2.42. The smallest absolute Gasteiger partial charge is 0.247 e. The van der Waals surface area contributed by atoms with Gasteiger partial charge in [-0.05, 0) is 32.9 Å². The summed E-state index contributed by atoms with van der Waals surface area (Å²) in [5, 5.41) is 0. The van der Waals surface area contributed by atoms with Gasteiger partial charge in [-0.2, -0.15) is 0 Å². The quantitative estimate of drug-likeness (QED) is 0.640. The predicted molar refractivity (Wildman–Crippen MR) is 68.7 cm³/mol. The van der Waals surface area contributed by atoms with E-state index in [9.17, 15) is 0 Å². The molecule has 1 rings (SSSR count). The van der Waals surface area contributed by atoms with Crippen molar-refractivity contribution in [3.63, 3.8) is 0 Å². The molecule has 0 aromatic heterocycles. The van der Waals surface area contributed by atoms with Gasteiger partial charge in [0, 0.05) is 0 Å². The maximum atomic E-state index is 2.41. The molecule has 0 unspecified atom stereocenters. The maximum Gasteiger partial charge on any atom is 0.247 e. The molecule has 1 aromatic rings. The van der Waals surface area contributed by atoms with E-state index in [0.717, 1.165) is 13.1 Å². The second-order valence-corrected chi connectivity index (χ2v) is 4.08. The Hall–Kier alpha value is -0.755. The largest absolute Gasteiger partial charge is 0.342 e. The van der Waals surface area contributed by atoms with Crippen molar-refractivity contribution >= 4 is 12.9 Å². The van der Waals surface area contributed by atoms with Crippen molar-refractivity contribution in [1.29, 1.82) is 0 Å². The molecule has 81 valence electrons. The summed E-state index contributed by atoms with van der Waals surface area (Å²) in [4.78, 5) is 2.41. The maximum absolute atomic E-state index is 2.41. The van der Waals surface area contributed by atoms with E-state index in [1.165, 1.54) is 23.9 Å². The second kappa shape index (κ2) is 6.68. The van der Waals surface area contributed by atoms with E-state index in [1.807, 2.05) is 0 Å². The minimum atomic E-state index is 1.15. The number of rotatable bonds is 6. The molecule has 1 nitrogen and oxygen atoms in total. The number of nitrogens with zero attached hydrogens (tertiary/aromatic N) is 1. The Kier molecular flexibility index (Phi) is 5.48. The molecule has 0 aliphatic carbocycles. The van der Waals surface area contributed by atoms with Crippen LogP contribution in [0.5, 0.6) is 0 Å². The van der Waals surface area contributed by atoms with Crippen LogP contribution in [0.3, 0.4) is 0 Å². The molecule has 0 aliphatic rings. The van der Waals surface area contributed by atoms with Crippen LogP contribution in [-0.4, -0.2) is 25.3 Å². The zero-order chi connectivity index (χ0) is 11.1. The fourth-order valence-electron chi connectivity index (χ4n) is 1.68. The van der Waals surface area contributed by atoms with Gasteiger partial charge in [-0.25, -0.2) is 0 Å². The van der Waals surface area contributed by atoms with Crippen LogP contribution in [0.25, 0.3) is 0 Å². The van der Waals surface area contributed by atoms with E-state index in [0.29, 0.717) is 0 Å². The molecule has 0 heterocycles. The lowest BCUT2D eigenvalue weighted by molar-refractivity contribution is 0.445. The normalized spacial score (nSPS) is 10.7. The first-order valence-corrected chi connectivity index (χ1v) is 5.91. The molecule has 0 N–H and O–H groups in total. The van der Waals surface area contributed by atoms with Crippen LogP contribution < -0.4 is 5.46 Å². The Morgan fingerprint density at radius 2 is 1.53 bits per heavy atom. The monoisotopic (exact) mass is 202 g/mol. The number of hydrogen-bond acceptors (Lipinski definition) is 1. The fourth-order valence-corrected chi connectivity index (χ4v) is 1.68. The topological polar surface area (TPSA) is 3.24 Å². The summed E-state index contributed by atoms with van der Waals surface area (Å²) in [5.74, 6) is 0. The van der Waals surface area contributed by atoms with Gasteiger partial charge >= 0.3 is 0 Å². The van der Waals surface area contributed by atoms with Crippen LogP contribution in [0.2, 0.25) is 0 Å². The van der Waals surface area contributed by atoms with Gasteiger partial charge in [0.2, 0.25) is 7.41 Å². The molecule has 2 heteroatoms. The lowest BCUT2D eigenvalue weighted by Gasteiger charge is -2.19. The van der Waals surface area contributed by atoms with Crippen molar-refractivity contribution in [2.75, 3.05) is 13.1 Å². The highest BCUT2D eigenvalue weighted by Crippen LogP contribution is 1.95. The van der Waals surface area contributed by atoms with Crippen molar-refractivity contribution in [1.82, 2.24) is 4.81 Å². The Labute approximate surface area is 94.8 Å². The summed E-state index contributed by atoms with van der Waals surface area (Å²) < 4.78 is 0. The first-order valence-electron chi connectivity index (χ1n) is 5.91. The Balaban J connectivity index is 2.53. The van der Waals surface area contributed by atoms with Gasteiger partial charge in [0.25, 0.3) is 0 Å². The van der Waals surface area contributed by atoms with Gasteiger partial charge in [-0.15, -0.1) is 0 Å². The van der Waals surface area contributed by atoms with Crippen LogP contribution >= 0.6 is 0 Å². The lowest BCUT2D eigenvalue weighted by Crippen LogP contribution is -2.37. The number of hydrogen-bond donors (Lipinski definition) is 0. The molecular formula is C13H21BN. The Bertz CT molecular complexity index is 262. The van der Waals surface area contributed by atoms with E-state index < -0.39 is 0 Å². The second-order valence-electron chi connectivity index (χ2n) is 4.08. The van der Waals surface area contributed by atoms with Crippen molar-refractivity contribution in [3.8, 4) is 0 Å². The molecule has 0 amide bonds. The number of aryl methyl sites for hydroxylation is 1. The minimum Gasteiger partial charge on any atom is -0.342 e. The summed E-state index contributed by atoms with van der Waals surface area (Å²) in [6.45, 7) is 8.89. The van der Waals surface area contributed by atoms with Gasteiger partial charge in [-0.1, -0.05) is 49.1 Å². The van der Waals surface area contributed by atoms with Crippen molar-refractivity contribution in [2.24, 2.45) is 0 Å². The van der Waals surface area contributed by atoms with Gasteiger partial charge in [0.05, 0.1) is 0 Å². The molecule has 0 atom stereocenters. The van der Waals surface area contributed by atoms with Gasteiger partial charge in [0.15, 0.2) is 0 Å². The average molecular weight is 202 g/mol. The van der Waals surface area contributed by atoms with Gasteiger partial charge < -0.3 is 4.81 Å². The Morgan fingerprint density at radius 3 is 2.00 bits per heavy atom. The zero-order valence-corrected chi connectivity index (χ0v) is 10.2. The van der Waals surface area contributed by atoms with Crippen LogP contribution in [0.4, 0.5) is 0 Å².